The first-order valence-corrected chi connectivity index (χ1v) is 9.29. The number of rotatable bonds is 4. The summed E-state index contributed by atoms with van der Waals surface area (Å²) in [6.07, 6.45) is 2.70. The molecule has 23 heavy (non-hydrogen) atoms. The van der Waals surface area contributed by atoms with Crippen LogP contribution < -0.4 is 0 Å². The molecular formula is C18H20FNO2S. The van der Waals surface area contributed by atoms with E-state index >= 15 is 0 Å². The summed E-state index contributed by atoms with van der Waals surface area (Å²) in [6, 6.07) is 15.3. The first-order chi connectivity index (χ1) is 11.1. The van der Waals surface area contributed by atoms with Crippen LogP contribution in [-0.2, 0) is 16.4 Å². The fourth-order valence-corrected chi connectivity index (χ4v) is 4.53. The van der Waals surface area contributed by atoms with E-state index in [1.165, 1.54) is 34.1 Å². The molecule has 0 bridgehead atoms. The molecule has 0 aromatic heterocycles. The van der Waals surface area contributed by atoms with Crippen LogP contribution >= 0.6 is 0 Å². The van der Waals surface area contributed by atoms with Crippen LogP contribution in [0.25, 0.3) is 0 Å². The average molecular weight is 333 g/mol. The number of nitrogens with zero attached hydrogens (tertiary/aromatic N) is 1. The summed E-state index contributed by atoms with van der Waals surface area (Å²) in [5, 5.41) is 0. The van der Waals surface area contributed by atoms with Crippen molar-refractivity contribution in [2.24, 2.45) is 5.92 Å². The van der Waals surface area contributed by atoms with Crippen LogP contribution in [0.15, 0.2) is 59.5 Å². The van der Waals surface area contributed by atoms with Gasteiger partial charge in [0.1, 0.15) is 5.82 Å². The topological polar surface area (TPSA) is 37.4 Å². The maximum absolute atomic E-state index is 13.0. The summed E-state index contributed by atoms with van der Waals surface area (Å²) in [4.78, 5) is 0.167. The van der Waals surface area contributed by atoms with E-state index in [2.05, 4.69) is 12.1 Å². The van der Waals surface area contributed by atoms with Gasteiger partial charge in [0, 0.05) is 13.1 Å². The van der Waals surface area contributed by atoms with Crippen LogP contribution in [0.1, 0.15) is 18.4 Å². The molecule has 1 aliphatic heterocycles. The van der Waals surface area contributed by atoms with Crippen molar-refractivity contribution in [2.45, 2.75) is 24.2 Å². The van der Waals surface area contributed by atoms with Crippen molar-refractivity contribution in [3.63, 3.8) is 0 Å². The number of hydrogen-bond donors (Lipinski definition) is 0. The molecule has 0 N–H and O–H groups in total. The molecule has 1 fully saturated rings. The van der Waals surface area contributed by atoms with Crippen molar-refractivity contribution in [2.75, 3.05) is 13.1 Å². The maximum Gasteiger partial charge on any atom is 0.243 e. The molecule has 2 aromatic rings. The van der Waals surface area contributed by atoms with Crippen molar-refractivity contribution in [1.82, 2.24) is 4.31 Å². The molecule has 3 rings (SSSR count). The van der Waals surface area contributed by atoms with Crippen LogP contribution in [-0.4, -0.2) is 25.8 Å². The summed E-state index contributed by atoms with van der Waals surface area (Å²) in [6.45, 7) is 1.05. The maximum atomic E-state index is 13.0. The molecule has 0 spiro atoms. The first kappa shape index (κ1) is 16.1. The smallest absolute Gasteiger partial charge is 0.207 e. The Hall–Kier alpha value is -1.72. The molecule has 122 valence electrons. The number of sulfonamides is 1. The number of piperidine rings is 1. The molecule has 1 saturated heterocycles. The molecule has 0 radical (unpaired) electrons. The van der Waals surface area contributed by atoms with Crippen LogP contribution in [0.2, 0.25) is 0 Å². The van der Waals surface area contributed by atoms with E-state index in [1.54, 1.807) is 0 Å². The lowest BCUT2D eigenvalue weighted by Gasteiger charge is -2.31. The van der Waals surface area contributed by atoms with E-state index in [9.17, 15) is 12.8 Å². The average Bonchev–Trinajstić information content (AvgIpc) is 2.57. The van der Waals surface area contributed by atoms with Gasteiger partial charge in [0.05, 0.1) is 4.90 Å². The van der Waals surface area contributed by atoms with E-state index in [1.807, 2.05) is 18.2 Å². The van der Waals surface area contributed by atoms with E-state index in [-0.39, 0.29) is 4.90 Å². The Labute approximate surface area is 136 Å². The second-order valence-electron chi connectivity index (χ2n) is 5.99. The summed E-state index contributed by atoms with van der Waals surface area (Å²) < 4.78 is 39.6. The Kier molecular flexibility index (Phi) is 4.78. The highest BCUT2D eigenvalue weighted by atomic mass is 32.2. The monoisotopic (exact) mass is 333 g/mol. The molecule has 0 saturated carbocycles. The highest BCUT2D eigenvalue weighted by Crippen LogP contribution is 2.26. The van der Waals surface area contributed by atoms with Gasteiger partial charge >= 0.3 is 0 Å². The van der Waals surface area contributed by atoms with Crippen molar-refractivity contribution in [3.8, 4) is 0 Å². The Bertz CT molecular complexity index is 736. The van der Waals surface area contributed by atoms with Gasteiger partial charge in [0.15, 0.2) is 0 Å². The molecule has 0 aliphatic carbocycles. The predicted octanol–water partition coefficient (Wildman–Crippen LogP) is 3.47. The second kappa shape index (κ2) is 6.81. The van der Waals surface area contributed by atoms with Crippen LogP contribution in [0.4, 0.5) is 4.39 Å². The van der Waals surface area contributed by atoms with Crippen LogP contribution in [0.5, 0.6) is 0 Å². The lowest BCUT2D eigenvalue weighted by atomic mass is 9.91. The summed E-state index contributed by atoms with van der Waals surface area (Å²) in [5.41, 5.74) is 1.30. The second-order valence-corrected chi connectivity index (χ2v) is 7.93. The lowest BCUT2D eigenvalue weighted by molar-refractivity contribution is 0.273. The van der Waals surface area contributed by atoms with Gasteiger partial charge in [-0.3, -0.25) is 0 Å². The molecule has 0 atom stereocenters. The first-order valence-electron chi connectivity index (χ1n) is 7.85. The third-order valence-electron chi connectivity index (χ3n) is 4.39. The molecular weight excluding hydrogens is 313 g/mol. The molecule has 1 aliphatic rings. The van der Waals surface area contributed by atoms with Gasteiger partial charge in [-0.25, -0.2) is 12.8 Å². The SMILES string of the molecule is O=S(=O)(c1ccc(F)cc1)N1CCC(Cc2ccccc2)CC1. The zero-order valence-electron chi connectivity index (χ0n) is 12.9. The van der Waals surface area contributed by atoms with Gasteiger partial charge in [0.2, 0.25) is 10.0 Å². The van der Waals surface area contributed by atoms with Gasteiger partial charge in [-0.2, -0.15) is 4.31 Å². The highest BCUT2D eigenvalue weighted by molar-refractivity contribution is 7.89. The Balaban J connectivity index is 1.63. The van der Waals surface area contributed by atoms with Gasteiger partial charge < -0.3 is 0 Å². The van der Waals surface area contributed by atoms with Crippen molar-refractivity contribution >= 4 is 10.0 Å². The quantitative estimate of drug-likeness (QED) is 0.859. The highest BCUT2D eigenvalue weighted by Gasteiger charge is 2.29. The van der Waals surface area contributed by atoms with Gasteiger partial charge in [0.25, 0.3) is 0 Å². The van der Waals surface area contributed by atoms with Gasteiger partial charge in [-0.1, -0.05) is 30.3 Å². The van der Waals surface area contributed by atoms with Crippen molar-refractivity contribution < 1.29 is 12.8 Å². The number of halogens is 1. The van der Waals surface area contributed by atoms with Crippen molar-refractivity contribution in [1.29, 1.82) is 0 Å². The minimum Gasteiger partial charge on any atom is -0.207 e. The summed E-state index contributed by atoms with van der Waals surface area (Å²) in [7, 11) is -3.51. The van der Waals surface area contributed by atoms with Gasteiger partial charge in [-0.05, 0) is 55.0 Å². The zero-order chi connectivity index (χ0) is 16.3. The van der Waals surface area contributed by atoms with E-state index in [0.717, 1.165) is 19.3 Å². The molecule has 0 unspecified atom stereocenters. The van der Waals surface area contributed by atoms with E-state index in [4.69, 9.17) is 0 Å². The van der Waals surface area contributed by atoms with Gasteiger partial charge in [-0.15, -0.1) is 0 Å². The van der Waals surface area contributed by atoms with Crippen molar-refractivity contribution in [3.05, 3.63) is 66.0 Å². The predicted molar refractivity (Wildman–Crippen MR) is 88.0 cm³/mol. The summed E-state index contributed by atoms with van der Waals surface area (Å²) >= 11 is 0. The third kappa shape index (κ3) is 3.79. The standard InChI is InChI=1S/C18H20FNO2S/c19-17-6-8-18(9-7-17)23(21,22)20-12-10-16(11-13-20)14-15-4-2-1-3-5-15/h1-9,16H,10-14H2. The molecule has 3 nitrogen and oxygen atoms in total. The minimum absolute atomic E-state index is 0.167. The summed E-state index contributed by atoms with van der Waals surface area (Å²) in [5.74, 6) is 0.0857. The fraction of sp³-hybridized carbons (Fsp3) is 0.333. The normalized spacial score (nSPS) is 17.3. The third-order valence-corrected chi connectivity index (χ3v) is 6.30. The molecule has 0 amide bonds. The number of hydrogen-bond acceptors (Lipinski definition) is 2. The largest absolute Gasteiger partial charge is 0.243 e. The lowest BCUT2D eigenvalue weighted by Crippen LogP contribution is -2.38. The van der Waals surface area contributed by atoms with E-state index in [0.29, 0.717) is 19.0 Å². The zero-order valence-corrected chi connectivity index (χ0v) is 13.7. The Morgan fingerprint density at radius 1 is 0.957 bits per heavy atom. The Morgan fingerprint density at radius 3 is 2.17 bits per heavy atom. The molecule has 1 heterocycles. The Morgan fingerprint density at radius 2 is 1.57 bits per heavy atom. The fourth-order valence-electron chi connectivity index (χ4n) is 3.06. The molecule has 5 heteroatoms. The molecule has 2 aromatic carbocycles. The van der Waals surface area contributed by atoms with E-state index < -0.39 is 15.8 Å². The minimum atomic E-state index is -3.51. The number of benzene rings is 2. The van der Waals surface area contributed by atoms with Crippen LogP contribution in [0.3, 0.4) is 0 Å². The van der Waals surface area contributed by atoms with Crippen LogP contribution in [0, 0.1) is 11.7 Å².